The number of pyridine rings is 1. The molecule has 0 atom stereocenters. The SMILES string of the molecule is Cc1ccc(NC(=O)c2cccc(C(F)(F)F)c2)cc1Nc1nccc(-c2ccnc3[nH]ccc23)n1. The molecule has 0 fully saturated rings. The second kappa shape index (κ2) is 9.14. The lowest BCUT2D eigenvalue weighted by Crippen LogP contribution is -2.14. The molecular weight excluding hydrogens is 469 g/mol. The third kappa shape index (κ3) is 4.74. The van der Waals surface area contributed by atoms with E-state index in [1.165, 1.54) is 12.1 Å². The van der Waals surface area contributed by atoms with Gasteiger partial charge in [-0.05, 0) is 61.0 Å². The summed E-state index contributed by atoms with van der Waals surface area (Å²) in [6, 6.07) is 15.0. The molecule has 0 aliphatic carbocycles. The quantitative estimate of drug-likeness (QED) is 0.268. The molecule has 3 heterocycles. The fourth-order valence-corrected chi connectivity index (χ4v) is 3.75. The lowest BCUT2D eigenvalue weighted by atomic mass is 10.1. The van der Waals surface area contributed by atoms with Crippen LogP contribution in [0.1, 0.15) is 21.5 Å². The number of fused-ring (bicyclic) bond motifs is 1. The van der Waals surface area contributed by atoms with Gasteiger partial charge in [-0.15, -0.1) is 0 Å². The van der Waals surface area contributed by atoms with Gasteiger partial charge >= 0.3 is 6.18 Å². The molecule has 1 amide bonds. The van der Waals surface area contributed by atoms with Crippen LogP contribution < -0.4 is 10.6 Å². The number of amides is 1. The van der Waals surface area contributed by atoms with Crippen LogP contribution in [0.4, 0.5) is 30.5 Å². The van der Waals surface area contributed by atoms with Gasteiger partial charge < -0.3 is 15.6 Å². The van der Waals surface area contributed by atoms with Crippen LogP contribution in [0.2, 0.25) is 0 Å². The number of nitrogens with one attached hydrogen (secondary N) is 3. The van der Waals surface area contributed by atoms with Crippen molar-refractivity contribution in [3.05, 3.63) is 95.9 Å². The number of benzene rings is 2. The maximum Gasteiger partial charge on any atom is 0.416 e. The first-order chi connectivity index (χ1) is 17.3. The van der Waals surface area contributed by atoms with Gasteiger partial charge in [-0.1, -0.05) is 12.1 Å². The zero-order valence-electron chi connectivity index (χ0n) is 18.9. The van der Waals surface area contributed by atoms with E-state index in [-0.39, 0.29) is 5.56 Å². The number of aryl methyl sites for hydroxylation is 1. The second-order valence-corrected chi connectivity index (χ2v) is 8.05. The van der Waals surface area contributed by atoms with Crippen LogP contribution in [-0.2, 0) is 6.18 Å². The summed E-state index contributed by atoms with van der Waals surface area (Å²) >= 11 is 0. The summed E-state index contributed by atoms with van der Waals surface area (Å²) in [5, 5.41) is 6.74. The van der Waals surface area contributed by atoms with Crippen molar-refractivity contribution in [2.75, 3.05) is 10.6 Å². The van der Waals surface area contributed by atoms with Crippen LogP contribution in [0.25, 0.3) is 22.3 Å². The van der Waals surface area contributed by atoms with Crippen molar-refractivity contribution in [1.82, 2.24) is 19.9 Å². The van der Waals surface area contributed by atoms with E-state index in [9.17, 15) is 18.0 Å². The van der Waals surface area contributed by atoms with Crippen molar-refractivity contribution in [1.29, 1.82) is 0 Å². The molecule has 3 N–H and O–H groups in total. The first-order valence-corrected chi connectivity index (χ1v) is 10.9. The number of nitrogens with zero attached hydrogens (tertiary/aromatic N) is 3. The van der Waals surface area contributed by atoms with E-state index < -0.39 is 17.6 Å². The van der Waals surface area contributed by atoms with E-state index in [0.29, 0.717) is 23.0 Å². The van der Waals surface area contributed by atoms with Crippen LogP contribution in [0.15, 0.2) is 79.3 Å². The highest BCUT2D eigenvalue weighted by atomic mass is 19.4. The number of aromatic nitrogens is 4. The smallest absolute Gasteiger partial charge is 0.346 e. The summed E-state index contributed by atoms with van der Waals surface area (Å²) in [5.74, 6) is -0.306. The van der Waals surface area contributed by atoms with Crippen molar-refractivity contribution < 1.29 is 18.0 Å². The predicted molar refractivity (Wildman–Crippen MR) is 131 cm³/mol. The van der Waals surface area contributed by atoms with E-state index >= 15 is 0 Å². The molecule has 3 aromatic heterocycles. The molecule has 0 radical (unpaired) electrons. The standard InChI is InChI=1S/C26H19F3N6O/c1-15-5-6-18(33-24(36)16-3-2-4-17(13-16)26(27,28)29)14-22(15)35-25-32-12-9-21(34-25)19-7-10-30-23-20(19)8-11-31-23/h2-14H,1H3,(H,30,31)(H,33,36)(H,32,34,35). The molecule has 0 aliphatic heterocycles. The topological polar surface area (TPSA) is 95.6 Å². The van der Waals surface area contributed by atoms with Crippen LogP contribution >= 0.6 is 0 Å². The van der Waals surface area contributed by atoms with E-state index in [0.717, 1.165) is 34.3 Å². The molecule has 180 valence electrons. The van der Waals surface area contributed by atoms with Crippen LogP contribution in [0.3, 0.4) is 0 Å². The molecular formula is C26H19F3N6O. The number of halogens is 3. The number of carbonyl (C=O) groups excluding carboxylic acids is 1. The lowest BCUT2D eigenvalue weighted by molar-refractivity contribution is -0.137. The minimum Gasteiger partial charge on any atom is -0.346 e. The molecule has 0 saturated carbocycles. The highest BCUT2D eigenvalue weighted by molar-refractivity contribution is 6.04. The molecule has 0 saturated heterocycles. The second-order valence-electron chi connectivity index (χ2n) is 8.05. The van der Waals surface area contributed by atoms with Crippen molar-refractivity contribution in [3.8, 4) is 11.3 Å². The van der Waals surface area contributed by atoms with E-state index in [4.69, 9.17) is 0 Å². The molecule has 2 aromatic carbocycles. The summed E-state index contributed by atoms with van der Waals surface area (Å²) in [7, 11) is 0. The average Bonchev–Trinajstić information content (AvgIpc) is 3.35. The Morgan fingerprint density at radius 2 is 1.81 bits per heavy atom. The Morgan fingerprint density at radius 1 is 0.972 bits per heavy atom. The Labute approximate surface area is 203 Å². The van der Waals surface area contributed by atoms with Gasteiger partial charge in [0.05, 0.1) is 11.3 Å². The first-order valence-electron chi connectivity index (χ1n) is 10.9. The average molecular weight is 488 g/mol. The van der Waals surface area contributed by atoms with Crippen molar-refractivity contribution in [2.45, 2.75) is 13.1 Å². The molecule has 0 aliphatic rings. The molecule has 0 bridgehead atoms. The van der Waals surface area contributed by atoms with Crippen LogP contribution in [0, 0.1) is 6.92 Å². The largest absolute Gasteiger partial charge is 0.416 e. The molecule has 5 rings (SSSR count). The van der Waals surface area contributed by atoms with Crippen LogP contribution in [-0.4, -0.2) is 25.8 Å². The van der Waals surface area contributed by atoms with Crippen LogP contribution in [0.5, 0.6) is 0 Å². The van der Waals surface area contributed by atoms with Gasteiger partial charge in [-0.2, -0.15) is 13.2 Å². The maximum absolute atomic E-state index is 13.0. The summed E-state index contributed by atoms with van der Waals surface area (Å²) in [6.45, 7) is 1.87. The highest BCUT2D eigenvalue weighted by Gasteiger charge is 2.30. The van der Waals surface area contributed by atoms with Gasteiger partial charge in [-0.3, -0.25) is 4.79 Å². The van der Waals surface area contributed by atoms with E-state index in [1.807, 2.05) is 25.3 Å². The number of carbonyl (C=O) groups is 1. The molecule has 0 unspecified atom stereocenters. The van der Waals surface area contributed by atoms with E-state index in [2.05, 4.69) is 30.6 Å². The third-order valence-electron chi connectivity index (χ3n) is 5.59. The maximum atomic E-state index is 13.0. The first kappa shape index (κ1) is 23.0. The minimum absolute atomic E-state index is 0.0932. The minimum atomic E-state index is -4.53. The van der Waals surface area contributed by atoms with Crippen molar-refractivity contribution in [3.63, 3.8) is 0 Å². The monoisotopic (exact) mass is 488 g/mol. The van der Waals surface area contributed by atoms with Crippen molar-refractivity contribution >= 4 is 34.3 Å². The number of alkyl halides is 3. The Kier molecular flexibility index (Phi) is 5.85. The Morgan fingerprint density at radius 3 is 2.64 bits per heavy atom. The Balaban J connectivity index is 1.38. The fourth-order valence-electron chi connectivity index (χ4n) is 3.75. The summed E-state index contributed by atoms with van der Waals surface area (Å²) < 4.78 is 39.0. The highest BCUT2D eigenvalue weighted by Crippen LogP contribution is 2.30. The molecule has 36 heavy (non-hydrogen) atoms. The van der Waals surface area contributed by atoms with Crippen molar-refractivity contribution in [2.24, 2.45) is 0 Å². The zero-order chi connectivity index (χ0) is 25.3. The number of aromatic amines is 1. The molecule has 10 heteroatoms. The van der Waals surface area contributed by atoms with Gasteiger partial charge in [0.2, 0.25) is 5.95 Å². The summed E-state index contributed by atoms with van der Waals surface area (Å²) in [4.78, 5) is 28.9. The third-order valence-corrected chi connectivity index (χ3v) is 5.59. The number of hydrogen-bond donors (Lipinski definition) is 3. The van der Waals surface area contributed by atoms with E-state index in [1.54, 1.807) is 36.7 Å². The van der Waals surface area contributed by atoms with Gasteiger partial charge in [0.15, 0.2) is 0 Å². The Bertz CT molecular complexity index is 1580. The Hall–Kier alpha value is -4.73. The molecule has 0 spiro atoms. The predicted octanol–water partition coefficient (Wildman–Crippen LogP) is 6.34. The van der Waals surface area contributed by atoms with Gasteiger partial charge in [0.25, 0.3) is 5.91 Å². The summed E-state index contributed by atoms with van der Waals surface area (Å²) in [5.41, 5.74) is 3.27. The normalized spacial score (nSPS) is 11.4. The number of hydrogen-bond acceptors (Lipinski definition) is 5. The lowest BCUT2D eigenvalue weighted by Gasteiger charge is -2.13. The molecule has 7 nitrogen and oxygen atoms in total. The zero-order valence-corrected chi connectivity index (χ0v) is 18.9. The number of anilines is 3. The van der Waals surface area contributed by atoms with Gasteiger partial charge in [0, 0.05) is 46.5 Å². The number of H-pyrrole nitrogens is 1. The summed E-state index contributed by atoms with van der Waals surface area (Å²) in [6.07, 6.45) is 0.612. The van der Waals surface area contributed by atoms with Gasteiger partial charge in [-0.25, -0.2) is 15.0 Å². The van der Waals surface area contributed by atoms with Gasteiger partial charge in [0.1, 0.15) is 5.65 Å². The molecule has 5 aromatic rings. The number of rotatable bonds is 5. The fraction of sp³-hybridized carbons (Fsp3) is 0.0769.